The summed E-state index contributed by atoms with van der Waals surface area (Å²) in [4.78, 5) is 12.2. The summed E-state index contributed by atoms with van der Waals surface area (Å²) in [6.07, 6.45) is 2.77. The smallest absolute Gasteiger partial charge is 0.257 e. The molecule has 2 unspecified atom stereocenters. The fraction of sp³-hybridized carbons (Fsp3) is 0.167. The molecule has 0 radical (unpaired) electrons. The van der Waals surface area contributed by atoms with E-state index in [4.69, 9.17) is 9.47 Å². The molecule has 2 aromatic rings. The minimum absolute atomic E-state index is 0.184. The Bertz CT molecular complexity index is 748. The quantitative estimate of drug-likeness (QED) is 0.490. The number of carbonyl (C=O) groups is 1. The summed E-state index contributed by atoms with van der Waals surface area (Å²) in [6.45, 7) is 0.354. The van der Waals surface area contributed by atoms with Gasteiger partial charge in [0.1, 0.15) is 18.5 Å². The lowest BCUT2D eigenvalue weighted by molar-refractivity contribution is -0.125. The number of anilines is 1. The molecule has 0 spiro atoms. The molecule has 0 saturated heterocycles. The third-order valence-corrected chi connectivity index (χ3v) is 4.81. The Morgan fingerprint density at radius 3 is 2.67 bits per heavy atom. The van der Waals surface area contributed by atoms with Crippen LogP contribution in [0.5, 0.6) is 5.75 Å². The number of halogens is 2. The minimum atomic E-state index is -0.600. The molecule has 0 fully saturated rings. The molecular formula is C18H15BrINO3. The maximum atomic E-state index is 12.2. The summed E-state index contributed by atoms with van der Waals surface area (Å²) in [6, 6.07) is 15.2. The van der Waals surface area contributed by atoms with Gasteiger partial charge in [-0.3, -0.25) is 4.79 Å². The molecule has 4 nitrogen and oxygen atoms in total. The Kier molecular flexibility index (Phi) is 5.91. The summed E-state index contributed by atoms with van der Waals surface area (Å²) in [5, 5.41) is 2.85. The van der Waals surface area contributed by atoms with E-state index in [2.05, 4.69) is 43.8 Å². The van der Waals surface area contributed by atoms with Gasteiger partial charge in [0.05, 0.1) is 4.47 Å². The third kappa shape index (κ3) is 4.58. The normalized spacial score (nSPS) is 19.2. The van der Waals surface area contributed by atoms with Crippen LogP contribution in [-0.4, -0.2) is 24.7 Å². The molecule has 1 amide bonds. The number of ether oxygens (including phenoxy) is 2. The molecular weight excluding hydrogens is 485 g/mol. The summed E-state index contributed by atoms with van der Waals surface area (Å²) in [5.74, 6) is 0.567. The molecule has 6 heteroatoms. The van der Waals surface area contributed by atoms with E-state index in [9.17, 15) is 4.79 Å². The lowest BCUT2D eigenvalue weighted by Crippen LogP contribution is -2.30. The van der Waals surface area contributed by atoms with Crippen LogP contribution in [0.1, 0.15) is 0 Å². The summed E-state index contributed by atoms with van der Waals surface area (Å²) >= 11 is 5.66. The van der Waals surface area contributed by atoms with Crippen molar-refractivity contribution in [3.05, 3.63) is 68.7 Å². The highest BCUT2D eigenvalue weighted by Crippen LogP contribution is 2.25. The lowest BCUT2D eigenvalue weighted by atomic mass is 10.3. The van der Waals surface area contributed by atoms with E-state index in [1.54, 1.807) is 6.08 Å². The molecule has 1 N–H and O–H groups in total. The highest BCUT2D eigenvalue weighted by molar-refractivity contribution is 14.1. The highest BCUT2D eigenvalue weighted by Gasteiger charge is 2.26. The monoisotopic (exact) mass is 499 g/mol. The first-order chi connectivity index (χ1) is 11.6. The van der Waals surface area contributed by atoms with Gasteiger partial charge in [0, 0.05) is 9.26 Å². The number of benzene rings is 2. The Morgan fingerprint density at radius 1 is 1.17 bits per heavy atom. The second-order valence-corrected chi connectivity index (χ2v) is 7.32. The SMILES string of the molecule is O=C(Nc1ccc(I)cc1)C1C=CC(COc2ccccc2Br)O1. The Morgan fingerprint density at radius 2 is 1.92 bits per heavy atom. The van der Waals surface area contributed by atoms with Crippen molar-refractivity contribution in [2.75, 3.05) is 11.9 Å². The molecule has 1 heterocycles. The number of amides is 1. The van der Waals surface area contributed by atoms with Crippen LogP contribution in [-0.2, 0) is 9.53 Å². The zero-order valence-electron chi connectivity index (χ0n) is 12.6. The van der Waals surface area contributed by atoms with Gasteiger partial charge in [-0.1, -0.05) is 18.2 Å². The van der Waals surface area contributed by atoms with E-state index in [1.807, 2.05) is 54.6 Å². The van der Waals surface area contributed by atoms with E-state index in [-0.39, 0.29) is 12.0 Å². The predicted octanol–water partition coefficient (Wildman–Crippen LogP) is 4.39. The van der Waals surface area contributed by atoms with E-state index in [1.165, 1.54) is 0 Å². The average Bonchev–Trinajstić information content (AvgIpc) is 3.05. The third-order valence-electron chi connectivity index (χ3n) is 3.43. The molecule has 0 saturated carbocycles. The number of rotatable bonds is 5. The molecule has 124 valence electrons. The van der Waals surface area contributed by atoms with Gasteiger partial charge in [0.15, 0.2) is 6.10 Å². The Balaban J connectivity index is 1.50. The number of hydrogen-bond donors (Lipinski definition) is 1. The van der Waals surface area contributed by atoms with Crippen molar-refractivity contribution in [1.29, 1.82) is 0 Å². The molecule has 2 atom stereocenters. The van der Waals surface area contributed by atoms with Gasteiger partial charge in [-0.2, -0.15) is 0 Å². The van der Waals surface area contributed by atoms with Gasteiger partial charge in [-0.25, -0.2) is 0 Å². The van der Waals surface area contributed by atoms with Crippen molar-refractivity contribution < 1.29 is 14.3 Å². The van der Waals surface area contributed by atoms with Crippen LogP contribution in [0, 0.1) is 3.57 Å². The van der Waals surface area contributed by atoms with Crippen LogP contribution in [0.4, 0.5) is 5.69 Å². The predicted molar refractivity (Wildman–Crippen MR) is 105 cm³/mol. The van der Waals surface area contributed by atoms with Crippen molar-refractivity contribution in [1.82, 2.24) is 0 Å². The summed E-state index contributed by atoms with van der Waals surface area (Å²) < 4.78 is 13.4. The van der Waals surface area contributed by atoms with Gasteiger partial charge in [0.25, 0.3) is 5.91 Å². The van der Waals surface area contributed by atoms with Gasteiger partial charge < -0.3 is 14.8 Å². The molecule has 0 bridgehead atoms. The highest BCUT2D eigenvalue weighted by atomic mass is 127. The molecule has 24 heavy (non-hydrogen) atoms. The van der Waals surface area contributed by atoms with Crippen LogP contribution >= 0.6 is 38.5 Å². The van der Waals surface area contributed by atoms with E-state index >= 15 is 0 Å². The molecule has 1 aliphatic rings. The van der Waals surface area contributed by atoms with Crippen molar-refractivity contribution in [2.24, 2.45) is 0 Å². The van der Waals surface area contributed by atoms with Crippen molar-refractivity contribution >= 4 is 50.1 Å². The first-order valence-corrected chi connectivity index (χ1v) is 9.26. The Labute approximate surface area is 162 Å². The van der Waals surface area contributed by atoms with E-state index in [0.29, 0.717) is 6.61 Å². The average molecular weight is 500 g/mol. The second-order valence-electron chi connectivity index (χ2n) is 5.22. The standard InChI is InChI=1S/C18H15BrINO3/c19-15-3-1-2-4-16(15)23-11-14-9-10-17(24-14)18(22)21-13-7-5-12(20)6-8-13/h1-10,14,17H,11H2,(H,21,22). The van der Waals surface area contributed by atoms with Crippen LogP contribution in [0.2, 0.25) is 0 Å². The largest absolute Gasteiger partial charge is 0.489 e. The second kappa shape index (κ2) is 8.13. The Hall–Kier alpha value is -1.38. The molecule has 2 aromatic carbocycles. The van der Waals surface area contributed by atoms with Gasteiger partial charge in [-0.05, 0) is 81.0 Å². The van der Waals surface area contributed by atoms with Gasteiger partial charge in [0.2, 0.25) is 0 Å². The maximum Gasteiger partial charge on any atom is 0.257 e. The van der Waals surface area contributed by atoms with Crippen molar-refractivity contribution in [3.8, 4) is 5.75 Å². The first kappa shape index (κ1) is 17.4. The molecule has 1 aliphatic heterocycles. The van der Waals surface area contributed by atoms with Crippen molar-refractivity contribution in [3.63, 3.8) is 0 Å². The number of nitrogens with one attached hydrogen (secondary N) is 1. The summed E-state index contributed by atoms with van der Waals surface area (Å²) in [7, 11) is 0. The van der Waals surface area contributed by atoms with Crippen LogP contribution in [0.3, 0.4) is 0 Å². The fourth-order valence-electron chi connectivity index (χ4n) is 2.23. The zero-order chi connectivity index (χ0) is 16.9. The minimum Gasteiger partial charge on any atom is -0.489 e. The van der Waals surface area contributed by atoms with Gasteiger partial charge in [-0.15, -0.1) is 0 Å². The van der Waals surface area contributed by atoms with Crippen LogP contribution in [0.25, 0.3) is 0 Å². The summed E-state index contributed by atoms with van der Waals surface area (Å²) in [5.41, 5.74) is 0.755. The number of para-hydroxylation sites is 1. The first-order valence-electron chi connectivity index (χ1n) is 7.39. The van der Waals surface area contributed by atoms with Crippen LogP contribution in [0.15, 0.2) is 65.2 Å². The van der Waals surface area contributed by atoms with Crippen LogP contribution < -0.4 is 10.1 Å². The topological polar surface area (TPSA) is 47.6 Å². The maximum absolute atomic E-state index is 12.2. The lowest BCUT2D eigenvalue weighted by Gasteiger charge is -2.15. The van der Waals surface area contributed by atoms with Gasteiger partial charge >= 0.3 is 0 Å². The molecule has 0 aromatic heterocycles. The molecule has 3 rings (SSSR count). The zero-order valence-corrected chi connectivity index (χ0v) is 16.4. The fourth-order valence-corrected chi connectivity index (χ4v) is 2.99. The van der Waals surface area contributed by atoms with E-state index < -0.39 is 6.10 Å². The number of carbonyl (C=O) groups excluding carboxylic acids is 1. The van der Waals surface area contributed by atoms with Crippen molar-refractivity contribution in [2.45, 2.75) is 12.2 Å². The molecule has 0 aliphatic carbocycles. The van der Waals surface area contributed by atoms with E-state index in [0.717, 1.165) is 19.5 Å². The number of hydrogen-bond acceptors (Lipinski definition) is 3.